The van der Waals surface area contributed by atoms with Crippen molar-refractivity contribution in [3.63, 3.8) is 0 Å². The van der Waals surface area contributed by atoms with Crippen LogP contribution in [0.5, 0.6) is 5.75 Å². The highest BCUT2D eigenvalue weighted by Crippen LogP contribution is 2.35. The normalized spacial score (nSPS) is 14.2. The number of hydrogen-bond donors (Lipinski definition) is 0. The minimum Gasteiger partial charge on any atom is -0.435 e. The molecular formula is C19H16F5NO2. The number of amides is 1. The molecule has 0 bridgehead atoms. The van der Waals surface area contributed by atoms with Crippen LogP contribution in [-0.4, -0.2) is 19.1 Å². The van der Waals surface area contributed by atoms with Crippen LogP contribution in [0, 0.1) is 0 Å². The Morgan fingerprint density at radius 1 is 1.11 bits per heavy atom. The third-order valence-electron chi connectivity index (χ3n) is 4.33. The number of ether oxygens (including phenoxy) is 1. The average Bonchev–Trinajstić information content (AvgIpc) is 2.61. The molecule has 1 aliphatic heterocycles. The Morgan fingerprint density at radius 2 is 1.81 bits per heavy atom. The third kappa shape index (κ3) is 4.56. The standard InChI is InChI=1S/C19H16F5NO2/c20-18(21)27-15-6-3-12(4-7-15)10-17(26)25-9-1-2-13-11-14(19(22,23)24)5-8-16(13)25/h3-8,11,18H,1-2,9-10H2. The van der Waals surface area contributed by atoms with E-state index < -0.39 is 18.4 Å². The molecule has 0 saturated carbocycles. The number of carbonyl (C=O) groups excluding carboxylic acids is 1. The molecule has 8 heteroatoms. The predicted molar refractivity (Wildman–Crippen MR) is 88.9 cm³/mol. The van der Waals surface area contributed by atoms with Gasteiger partial charge in [-0.1, -0.05) is 12.1 Å². The van der Waals surface area contributed by atoms with Gasteiger partial charge < -0.3 is 9.64 Å². The second kappa shape index (κ2) is 7.54. The van der Waals surface area contributed by atoms with Crippen molar-refractivity contribution in [1.29, 1.82) is 0 Å². The molecule has 2 aromatic rings. The van der Waals surface area contributed by atoms with Crippen LogP contribution in [-0.2, 0) is 23.8 Å². The molecule has 0 saturated heterocycles. The number of carbonyl (C=O) groups is 1. The quantitative estimate of drug-likeness (QED) is 0.706. The van der Waals surface area contributed by atoms with Gasteiger partial charge in [0.15, 0.2) is 0 Å². The molecule has 0 fully saturated rings. The van der Waals surface area contributed by atoms with Crippen LogP contribution in [0.15, 0.2) is 42.5 Å². The first-order valence-corrected chi connectivity index (χ1v) is 8.28. The molecule has 0 aliphatic carbocycles. The summed E-state index contributed by atoms with van der Waals surface area (Å²) >= 11 is 0. The van der Waals surface area contributed by atoms with Crippen LogP contribution in [0.3, 0.4) is 0 Å². The molecular weight excluding hydrogens is 369 g/mol. The lowest BCUT2D eigenvalue weighted by Gasteiger charge is -2.30. The number of rotatable bonds is 4. The molecule has 0 N–H and O–H groups in total. The van der Waals surface area contributed by atoms with E-state index in [1.165, 1.54) is 35.2 Å². The van der Waals surface area contributed by atoms with Crippen LogP contribution in [0.25, 0.3) is 0 Å². The van der Waals surface area contributed by atoms with Gasteiger partial charge in [0.05, 0.1) is 12.0 Å². The monoisotopic (exact) mass is 385 g/mol. The number of anilines is 1. The van der Waals surface area contributed by atoms with Gasteiger partial charge in [-0.25, -0.2) is 0 Å². The highest BCUT2D eigenvalue weighted by Gasteiger charge is 2.32. The number of aryl methyl sites for hydroxylation is 1. The van der Waals surface area contributed by atoms with E-state index >= 15 is 0 Å². The molecule has 1 heterocycles. The summed E-state index contributed by atoms with van der Waals surface area (Å²) in [6, 6.07) is 9.09. The molecule has 1 amide bonds. The molecule has 144 valence electrons. The first-order valence-electron chi connectivity index (χ1n) is 8.28. The van der Waals surface area contributed by atoms with Gasteiger partial charge in [-0.05, 0) is 54.3 Å². The van der Waals surface area contributed by atoms with Gasteiger partial charge >= 0.3 is 12.8 Å². The second-order valence-corrected chi connectivity index (χ2v) is 6.19. The summed E-state index contributed by atoms with van der Waals surface area (Å²) in [5.74, 6) is -0.276. The van der Waals surface area contributed by atoms with E-state index in [1.807, 2.05) is 0 Å². The number of fused-ring (bicyclic) bond motifs is 1. The van der Waals surface area contributed by atoms with Crippen molar-refractivity contribution in [2.24, 2.45) is 0 Å². The molecule has 2 aromatic carbocycles. The number of benzene rings is 2. The first-order chi connectivity index (χ1) is 12.7. The smallest absolute Gasteiger partial charge is 0.416 e. The van der Waals surface area contributed by atoms with Gasteiger partial charge in [0, 0.05) is 12.2 Å². The minimum absolute atomic E-state index is 0.00935. The number of nitrogens with zero attached hydrogens (tertiary/aromatic N) is 1. The molecule has 0 unspecified atom stereocenters. The Bertz CT molecular complexity index is 818. The van der Waals surface area contributed by atoms with E-state index in [0.29, 0.717) is 36.2 Å². The zero-order valence-corrected chi connectivity index (χ0v) is 14.1. The maximum atomic E-state index is 12.9. The van der Waals surface area contributed by atoms with Crippen LogP contribution in [0.4, 0.5) is 27.6 Å². The maximum Gasteiger partial charge on any atom is 0.416 e. The van der Waals surface area contributed by atoms with E-state index in [9.17, 15) is 26.7 Å². The lowest BCUT2D eigenvalue weighted by Crippen LogP contribution is -2.36. The second-order valence-electron chi connectivity index (χ2n) is 6.19. The number of hydrogen-bond acceptors (Lipinski definition) is 2. The van der Waals surface area contributed by atoms with Gasteiger partial charge in [0.2, 0.25) is 5.91 Å². The Balaban J connectivity index is 1.75. The topological polar surface area (TPSA) is 29.5 Å². The summed E-state index contributed by atoms with van der Waals surface area (Å²) < 4.78 is 67.2. The Hall–Kier alpha value is -2.64. The lowest BCUT2D eigenvalue weighted by atomic mass is 9.98. The molecule has 0 radical (unpaired) electrons. The highest BCUT2D eigenvalue weighted by atomic mass is 19.4. The summed E-state index contributed by atoms with van der Waals surface area (Å²) in [5, 5.41) is 0. The molecule has 0 aromatic heterocycles. The fraction of sp³-hybridized carbons (Fsp3) is 0.316. The number of halogens is 5. The predicted octanol–water partition coefficient (Wildman–Crippen LogP) is 4.83. The van der Waals surface area contributed by atoms with Gasteiger partial charge in [0.1, 0.15) is 5.75 Å². The van der Waals surface area contributed by atoms with Crippen molar-refractivity contribution in [2.75, 3.05) is 11.4 Å². The Kier molecular flexibility index (Phi) is 5.34. The van der Waals surface area contributed by atoms with Gasteiger partial charge in [-0.3, -0.25) is 4.79 Å². The van der Waals surface area contributed by atoms with E-state index in [1.54, 1.807) is 0 Å². The molecule has 0 spiro atoms. The summed E-state index contributed by atoms with van der Waals surface area (Å²) in [6.07, 6.45) is -3.37. The lowest BCUT2D eigenvalue weighted by molar-refractivity contribution is -0.137. The van der Waals surface area contributed by atoms with Crippen molar-refractivity contribution < 1.29 is 31.5 Å². The SMILES string of the molecule is O=C(Cc1ccc(OC(F)F)cc1)N1CCCc2cc(C(F)(F)F)ccc21. The minimum atomic E-state index is -4.43. The van der Waals surface area contributed by atoms with Crippen molar-refractivity contribution in [1.82, 2.24) is 0 Å². The Morgan fingerprint density at radius 3 is 2.44 bits per heavy atom. The van der Waals surface area contributed by atoms with Crippen molar-refractivity contribution in [3.05, 3.63) is 59.2 Å². The molecule has 3 rings (SSSR count). The summed E-state index contributed by atoms with van der Waals surface area (Å²) in [6.45, 7) is -2.51. The van der Waals surface area contributed by atoms with Crippen LogP contribution >= 0.6 is 0 Å². The van der Waals surface area contributed by atoms with Gasteiger partial charge in [-0.2, -0.15) is 22.0 Å². The fourth-order valence-electron chi connectivity index (χ4n) is 3.09. The van der Waals surface area contributed by atoms with Crippen molar-refractivity contribution in [3.8, 4) is 5.75 Å². The molecule has 3 nitrogen and oxygen atoms in total. The summed E-state index contributed by atoms with van der Waals surface area (Å²) in [7, 11) is 0. The zero-order valence-electron chi connectivity index (χ0n) is 14.1. The largest absolute Gasteiger partial charge is 0.435 e. The first kappa shape index (κ1) is 19.1. The van der Waals surface area contributed by atoms with Crippen molar-refractivity contribution >= 4 is 11.6 Å². The molecule has 27 heavy (non-hydrogen) atoms. The van der Waals surface area contributed by atoms with Crippen molar-refractivity contribution in [2.45, 2.75) is 32.1 Å². The van der Waals surface area contributed by atoms with E-state index in [0.717, 1.165) is 12.1 Å². The summed E-state index contributed by atoms with van der Waals surface area (Å²) in [5.41, 5.74) is 0.841. The highest BCUT2D eigenvalue weighted by molar-refractivity contribution is 5.96. The van der Waals surface area contributed by atoms with E-state index in [-0.39, 0.29) is 18.1 Å². The fourth-order valence-corrected chi connectivity index (χ4v) is 3.09. The number of alkyl halides is 5. The van der Waals surface area contributed by atoms with E-state index in [2.05, 4.69) is 4.74 Å². The van der Waals surface area contributed by atoms with Gasteiger partial charge in [0.25, 0.3) is 0 Å². The van der Waals surface area contributed by atoms with Crippen LogP contribution < -0.4 is 9.64 Å². The average molecular weight is 385 g/mol. The Labute approximate surface area is 152 Å². The third-order valence-corrected chi connectivity index (χ3v) is 4.33. The molecule has 0 atom stereocenters. The van der Waals surface area contributed by atoms with Crippen LogP contribution in [0.2, 0.25) is 0 Å². The summed E-state index contributed by atoms with van der Waals surface area (Å²) in [4.78, 5) is 14.1. The van der Waals surface area contributed by atoms with Gasteiger partial charge in [-0.15, -0.1) is 0 Å². The molecule has 1 aliphatic rings. The zero-order chi connectivity index (χ0) is 19.6. The maximum absolute atomic E-state index is 12.9. The van der Waals surface area contributed by atoms with Crippen LogP contribution in [0.1, 0.15) is 23.1 Å². The van der Waals surface area contributed by atoms with E-state index in [4.69, 9.17) is 0 Å².